The zero-order chi connectivity index (χ0) is 13.4. The molecule has 0 saturated carbocycles. The maximum absolute atomic E-state index is 5.02. The van der Waals surface area contributed by atoms with Crippen LogP contribution in [-0.4, -0.2) is 26.0 Å². The third-order valence-corrected chi connectivity index (χ3v) is 4.12. The van der Waals surface area contributed by atoms with Crippen molar-refractivity contribution in [3.63, 3.8) is 0 Å². The lowest BCUT2D eigenvalue weighted by molar-refractivity contribution is 0.199. The molecule has 0 fully saturated rings. The average molecular weight is 267 g/mol. The van der Waals surface area contributed by atoms with Gasteiger partial charge in [0.05, 0.1) is 6.61 Å². The van der Waals surface area contributed by atoms with Gasteiger partial charge in [-0.15, -0.1) is 11.8 Å². The second-order valence-corrected chi connectivity index (χ2v) is 6.06. The number of thioether (sulfide) groups is 1. The molecule has 0 bridgehead atoms. The number of aryl methyl sites for hydroxylation is 1. The van der Waals surface area contributed by atoms with Gasteiger partial charge in [0.15, 0.2) is 0 Å². The minimum Gasteiger partial charge on any atom is -0.383 e. The molecule has 0 amide bonds. The zero-order valence-electron chi connectivity index (χ0n) is 12.0. The van der Waals surface area contributed by atoms with E-state index < -0.39 is 0 Å². The molecular formula is C15H25NOS. The summed E-state index contributed by atoms with van der Waals surface area (Å²) >= 11 is 1.94. The molecular weight excluding hydrogens is 242 g/mol. The van der Waals surface area contributed by atoms with Crippen molar-refractivity contribution < 1.29 is 4.74 Å². The zero-order valence-corrected chi connectivity index (χ0v) is 12.8. The van der Waals surface area contributed by atoms with Gasteiger partial charge in [-0.25, -0.2) is 0 Å². The lowest BCUT2D eigenvalue weighted by Gasteiger charge is -2.10. The highest BCUT2D eigenvalue weighted by molar-refractivity contribution is 7.99. The van der Waals surface area contributed by atoms with Crippen molar-refractivity contribution in [3.05, 3.63) is 29.3 Å². The van der Waals surface area contributed by atoms with E-state index in [0.29, 0.717) is 0 Å². The molecule has 0 aromatic heterocycles. The Kier molecular flexibility index (Phi) is 7.40. The molecule has 1 N–H and O–H groups in total. The fraction of sp³-hybridized carbons (Fsp3) is 0.600. The van der Waals surface area contributed by atoms with Crippen molar-refractivity contribution >= 4 is 11.8 Å². The second-order valence-electron chi connectivity index (χ2n) is 4.96. The van der Waals surface area contributed by atoms with Gasteiger partial charge < -0.3 is 10.1 Å². The minimum atomic E-state index is 0.741. The first-order valence-corrected chi connectivity index (χ1v) is 7.54. The fourth-order valence-corrected chi connectivity index (χ4v) is 2.57. The number of nitrogens with one attached hydrogen (secondary N) is 1. The first-order valence-electron chi connectivity index (χ1n) is 6.55. The molecule has 3 heteroatoms. The van der Waals surface area contributed by atoms with Gasteiger partial charge >= 0.3 is 0 Å². The maximum atomic E-state index is 5.02. The maximum Gasteiger partial charge on any atom is 0.0587 e. The van der Waals surface area contributed by atoms with Crippen LogP contribution in [0.1, 0.15) is 25.0 Å². The van der Waals surface area contributed by atoms with Crippen LogP contribution in [0.25, 0.3) is 0 Å². The summed E-state index contributed by atoms with van der Waals surface area (Å²) in [5.41, 5.74) is 2.74. The van der Waals surface area contributed by atoms with E-state index in [4.69, 9.17) is 4.74 Å². The van der Waals surface area contributed by atoms with Gasteiger partial charge in [0, 0.05) is 30.8 Å². The van der Waals surface area contributed by atoms with E-state index in [2.05, 4.69) is 44.3 Å². The summed E-state index contributed by atoms with van der Waals surface area (Å²) in [6, 6.07) is 6.76. The Morgan fingerprint density at radius 2 is 2.11 bits per heavy atom. The third-order valence-electron chi connectivity index (χ3n) is 2.70. The van der Waals surface area contributed by atoms with E-state index in [0.717, 1.165) is 25.6 Å². The molecule has 0 aliphatic heterocycles. The molecule has 1 aromatic rings. The van der Waals surface area contributed by atoms with Crippen molar-refractivity contribution in [2.24, 2.45) is 5.92 Å². The first kappa shape index (κ1) is 15.5. The van der Waals surface area contributed by atoms with Gasteiger partial charge in [-0.05, 0) is 36.1 Å². The number of methoxy groups -OCH3 is 1. The van der Waals surface area contributed by atoms with Crippen LogP contribution in [0.4, 0.5) is 0 Å². The van der Waals surface area contributed by atoms with Crippen molar-refractivity contribution in [2.75, 3.05) is 26.0 Å². The Bertz CT molecular complexity index is 352. The summed E-state index contributed by atoms with van der Waals surface area (Å²) < 4.78 is 5.02. The molecule has 0 saturated heterocycles. The van der Waals surface area contributed by atoms with Crippen LogP contribution in [0.3, 0.4) is 0 Å². The highest BCUT2D eigenvalue weighted by Gasteiger charge is 2.02. The molecule has 0 aliphatic carbocycles. The van der Waals surface area contributed by atoms with Crippen LogP contribution in [-0.2, 0) is 11.3 Å². The molecule has 0 radical (unpaired) electrons. The number of ether oxygens (including phenoxy) is 1. The Morgan fingerprint density at radius 1 is 1.33 bits per heavy atom. The topological polar surface area (TPSA) is 21.3 Å². The third kappa shape index (κ3) is 5.89. The van der Waals surface area contributed by atoms with Crippen molar-refractivity contribution in [1.82, 2.24) is 5.32 Å². The van der Waals surface area contributed by atoms with Crippen molar-refractivity contribution in [2.45, 2.75) is 32.2 Å². The van der Waals surface area contributed by atoms with Crippen LogP contribution in [0.15, 0.2) is 23.1 Å². The Hall–Kier alpha value is -0.510. The van der Waals surface area contributed by atoms with E-state index >= 15 is 0 Å². The largest absolute Gasteiger partial charge is 0.383 e. The molecule has 2 nitrogen and oxygen atoms in total. The smallest absolute Gasteiger partial charge is 0.0587 e. The van der Waals surface area contributed by atoms with Gasteiger partial charge in [-0.3, -0.25) is 0 Å². The highest BCUT2D eigenvalue weighted by atomic mass is 32.2. The summed E-state index contributed by atoms with van der Waals surface area (Å²) in [4.78, 5) is 1.38. The number of benzene rings is 1. The number of hydrogen-bond acceptors (Lipinski definition) is 3. The fourth-order valence-electron chi connectivity index (χ4n) is 1.62. The predicted octanol–water partition coefficient (Wildman–Crippen LogP) is 3.48. The average Bonchev–Trinajstić information content (AvgIpc) is 2.34. The summed E-state index contributed by atoms with van der Waals surface area (Å²) in [6.45, 7) is 9.29. The summed E-state index contributed by atoms with van der Waals surface area (Å²) in [6.07, 6.45) is 0. The van der Waals surface area contributed by atoms with Crippen LogP contribution >= 0.6 is 11.8 Å². The van der Waals surface area contributed by atoms with Gasteiger partial charge in [0.1, 0.15) is 0 Å². The van der Waals surface area contributed by atoms with Crippen LogP contribution in [0.2, 0.25) is 0 Å². The Labute approximate surface area is 116 Å². The van der Waals surface area contributed by atoms with Crippen LogP contribution in [0, 0.1) is 12.8 Å². The summed E-state index contributed by atoms with van der Waals surface area (Å²) in [5, 5.41) is 3.38. The van der Waals surface area contributed by atoms with Crippen LogP contribution < -0.4 is 5.32 Å². The van der Waals surface area contributed by atoms with Gasteiger partial charge in [-0.1, -0.05) is 19.9 Å². The quantitative estimate of drug-likeness (QED) is 0.575. The second kappa shape index (κ2) is 8.57. The molecule has 1 rings (SSSR count). The molecule has 0 spiro atoms. The standard InChI is InChI=1S/C15H25NOS/c1-12(2)11-18-15-6-5-14(13(3)9-15)10-16-7-8-17-4/h5-6,9,12,16H,7-8,10-11H2,1-4H3. The van der Waals surface area contributed by atoms with Gasteiger partial charge in [0.25, 0.3) is 0 Å². The monoisotopic (exact) mass is 267 g/mol. The normalized spacial score (nSPS) is 11.2. The van der Waals surface area contributed by atoms with E-state index in [-0.39, 0.29) is 0 Å². The molecule has 1 aromatic carbocycles. The minimum absolute atomic E-state index is 0.741. The summed E-state index contributed by atoms with van der Waals surface area (Å²) in [5.74, 6) is 1.93. The molecule has 0 heterocycles. The molecule has 0 aliphatic rings. The Morgan fingerprint density at radius 3 is 2.72 bits per heavy atom. The van der Waals surface area contributed by atoms with Gasteiger partial charge in [-0.2, -0.15) is 0 Å². The molecule has 0 atom stereocenters. The summed E-state index contributed by atoms with van der Waals surface area (Å²) in [7, 11) is 1.73. The number of hydrogen-bond donors (Lipinski definition) is 1. The molecule has 102 valence electrons. The van der Waals surface area contributed by atoms with Crippen molar-refractivity contribution in [1.29, 1.82) is 0 Å². The van der Waals surface area contributed by atoms with E-state index in [1.807, 2.05) is 11.8 Å². The van der Waals surface area contributed by atoms with E-state index in [1.165, 1.54) is 21.8 Å². The number of rotatable bonds is 8. The SMILES string of the molecule is COCCNCc1ccc(SCC(C)C)cc1C. The first-order chi connectivity index (χ1) is 8.63. The van der Waals surface area contributed by atoms with E-state index in [9.17, 15) is 0 Å². The Balaban J connectivity index is 2.46. The molecule has 0 unspecified atom stereocenters. The predicted molar refractivity (Wildman–Crippen MR) is 80.3 cm³/mol. The van der Waals surface area contributed by atoms with Crippen LogP contribution in [0.5, 0.6) is 0 Å². The lowest BCUT2D eigenvalue weighted by Crippen LogP contribution is -2.19. The lowest BCUT2D eigenvalue weighted by atomic mass is 10.1. The van der Waals surface area contributed by atoms with Gasteiger partial charge in [0.2, 0.25) is 0 Å². The van der Waals surface area contributed by atoms with Crippen molar-refractivity contribution in [3.8, 4) is 0 Å². The highest BCUT2D eigenvalue weighted by Crippen LogP contribution is 2.23. The van der Waals surface area contributed by atoms with E-state index in [1.54, 1.807) is 7.11 Å². The molecule has 18 heavy (non-hydrogen) atoms.